The zero-order chi connectivity index (χ0) is 4.28. The number of rotatable bonds is 1. The van der Waals surface area contributed by atoms with Crippen LogP contribution in [0, 0.1) is 0 Å². The summed E-state index contributed by atoms with van der Waals surface area (Å²) in [6.07, 6.45) is 0. The summed E-state index contributed by atoms with van der Waals surface area (Å²) in [5.74, 6) is 0. The quantitative estimate of drug-likeness (QED) is 0.308. The van der Waals surface area contributed by atoms with Crippen LogP contribution in [0.2, 0.25) is 0 Å². The minimum atomic E-state index is 1.53. The van der Waals surface area contributed by atoms with Gasteiger partial charge in [0.1, 0.15) is 0 Å². The monoisotopic (exact) mass is 69.1 g/mol. The molecule has 0 aromatic rings. The van der Waals surface area contributed by atoms with Crippen LogP contribution in [0.5, 0.6) is 0 Å². The molecule has 0 aromatic carbocycles. The molecular weight excluding hydrogens is 62.8 g/mol. The van der Waals surface area contributed by atoms with Crippen molar-refractivity contribution in [1.82, 2.24) is 5.01 Å². The molecule has 0 spiro atoms. The Morgan fingerprint density at radius 1 is 1.60 bits per heavy atom. The molecule has 2 nitrogen and oxygen atoms in total. The van der Waals surface area contributed by atoms with Gasteiger partial charge in [-0.25, -0.2) is 0 Å². The van der Waals surface area contributed by atoms with Crippen molar-refractivity contribution in [3.8, 4) is 0 Å². The Morgan fingerprint density at radius 3 is 1.80 bits per heavy atom. The fourth-order valence-corrected chi connectivity index (χ4v) is 0. The van der Waals surface area contributed by atoms with Crippen LogP contribution in [-0.4, -0.2) is 26.7 Å². The Hall–Kier alpha value is -0.335. The number of hydrogen-bond donors (Lipinski definition) is 0. The Labute approximate surface area is 32.9 Å². The van der Waals surface area contributed by atoms with Crippen LogP contribution in [0.25, 0.3) is 0 Å². The van der Waals surface area contributed by atoms with Gasteiger partial charge in [0.2, 0.25) is 0 Å². The molecule has 0 amide bonds. The first-order valence-electron chi connectivity index (χ1n) is 1.35. The molecule has 0 heterocycles. The van der Waals surface area contributed by atoms with Gasteiger partial charge in [-0.05, 0) is 0 Å². The summed E-state index contributed by atoms with van der Waals surface area (Å²) in [4.78, 5) is 0. The standard InChI is InChI=1S/C2H6BN2/c1-5(2)4-3/h1-2H3. The fourth-order valence-electron chi connectivity index (χ4n) is 0. The Balaban J connectivity index is 2.83. The van der Waals surface area contributed by atoms with E-state index in [0.29, 0.717) is 0 Å². The third-order valence-electron chi connectivity index (χ3n) is 0.231. The first kappa shape index (κ1) is 4.66. The fraction of sp³-hybridized carbons (Fsp3) is 1.00. The first-order valence-corrected chi connectivity index (χ1v) is 1.35. The van der Waals surface area contributed by atoms with E-state index in [-0.39, 0.29) is 0 Å². The van der Waals surface area contributed by atoms with Gasteiger partial charge in [0.05, 0.1) is 0 Å². The molecule has 0 atom stereocenters. The van der Waals surface area contributed by atoms with E-state index in [4.69, 9.17) is 7.64 Å². The zero-order valence-corrected chi connectivity index (χ0v) is 3.47. The summed E-state index contributed by atoms with van der Waals surface area (Å²) >= 11 is 0. The molecule has 5 heavy (non-hydrogen) atoms. The second-order valence-corrected chi connectivity index (χ2v) is 0.963. The predicted octanol–water partition coefficient (Wildman–Crippen LogP) is -0.185. The molecular formula is C2H6BN2. The average Bonchev–Trinajstić information content (AvgIpc) is 1.38. The maximum atomic E-state index is 4.72. The van der Waals surface area contributed by atoms with E-state index in [0.717, 1.165) is 0 Å². The van der Waals surface area contributed by atoms with Crippen LogP contribution in [0.1, 0.15) is 0 Å². The summed E-state index contributed by atoms with van der Waals surface area (Å²) in [6.45, 7) is 0. The van der Waals surface area contributed by atoms with Crippen molar-refractivity contribution < 1.29 is 0 Å². The van der Waals surface area contributed by atoms with Crippen LogP contribution in [0.4, 0.5) is 0 Å². The Kier molecular flexibility index (Phi) is 1.81. The molecule has 0 unspecified atom stereocenters. The van der Waals surface area contributed by atoms with Crippen molar-refractivity contribution in [3.05, 3.63) is 0 Å². The van der Waals surface area contributed by atoms with Gasteiger partial charge in [-0.1, -0.05) is 0 Å². The predicted molar refractivity (Wildman–Crippen MR) is 21.9 cm³/mol. The van der Waals surface area contributed by atoms with Crippen LogP contribution in [-0.2, 0) is 0 Å². The molecule has 0 bridgehead atoms. The van der Waals surface area contributed by atoms with Crippen LogP contribution >= 0.6 is 0 Å². The van der Waals surface area contributed by atoms with Gasteiger partial charge in [0.25, 0.3) is 0 Å². The third kappa shape index (κ3) is 3.66. The molecule has 27 valence electrons. The van der Waals surface area contributed by atoms with Gasteiger partial charge < -0.3 is 0 Å². The van der Waals surface area contributed by atoms with Gasteiger partial charge >= 0.3 is 31.7 Å². The second-order valence-electron chi connectivity index (χ2n) is 0.963. The van der Waals surface area contributed by atoms with E-state index in [9.17, 15) is 0 Å². The number of hydrogen-bond acceptors (Lipinski definition) is 2. The molecule has 0 aliphatic rings. The molecule has 0 aromatic heterocycles. The summed E-state index contributed by atoms with van der Waals surface area (Å²) in [5.41, 5.74) is 0. The molecule has 0 saturated carbocycles. The van der Waals surface area contributed by atoms with E-state index in [2.05, 4.69) is 5.00 Å². The zero-order valence-electron chi connectivity index (χ0n) is 3.47. The van der Waals surface area contributed by atoms with Crippen LogP contribution in [0.15, 0.2) is 5.00 Å². The molecule has 0 fully saturated rings. The summed E-state index contributed by atoms with van der Waals surface area (Å²) in [5, 5.41) is 4.75. The molecule has 0 rings (SSSR count). The molecule has 0 N–H and O–H groups in total. The van der Waals surface area contributed by atoms with Crippen molar-refractivity contribution in [3.63, 3.8) is 0 Å². The van der Waals surface area contributed by atoms with Gasteiger partial charge in [-0.15, -0.1) is 0 Å². The number of nitrogens with zero attached hydrogens (tertiary/aromatic N) is 2. The third-order valence-corrected chi connectivity index (χ3v) is 0.231. The van der Waals surface area contributed by atoms with Crippen molar-refractivity contribution >= 4 is 7.64 Å². The van der Waals surface area contributed by atoms with Crippen molar-refractivity contribution in [1.29, 1.82) is 0 Å². The molecule has 1 radical (unpaired) electrons. The van der Waals surface area contributed by atoms with Crippen LogP contribution < -0.4 is 0 Å². The molecule has 0 aliphatic heterocycles. The van der Waals surface area contributed by atoms with Gasteiger partial charge in [0.15, 0.2) is 0 Å². The van der Waals surface area contributed by atoms with Crippen molar-refractivity contribution in [2.45, 2.75) is 0 Å². The molecule has 0 aliphatic carbocycles. The summed E-state index contributed by atoms with van der Waals surface area (Å²) < 4.78 is 0. The van der Waals surface area contributed by atoms with E-state index in [1.54, 1.807) is 14.1 Å². The van der Waals surface area contributed by atoms with E-state index in [1.165, 1.54) is 5.01 Å². The first-order chi connectivity index (χ1) is 2.27. The minimum absolute atomic E-state index is 1.53. The van der Waals surface area contributed by atoms with Gasteiger partial charge in [-0.3, -0.25) is 0 Å². The topological polar surface area (TPSA) is 15.6 Å². The SMILES string of the molecule is [B]=NN(C)C. The van der Waals surface area contributed by atoms with E-state index < -0.39 is 0 Å². The Morgan fingerprint density at radius 2 is 1.80 bits per heavy atom. The molecule has 3 heteroatoms. The van der Waals surface area contributed by atoms with Crippen LogP contribution in [0.3, 0.4) is 0 Å². The van der Waals surface area contributed by atoms with Gasteiger partial charge in [-0.2, -0.15) is 0 Å². The summed E-state index contributed by atoms with van der Waals surface area (Å²) in [7, 11) is 8.25. The van der Waals surface area contributed by atoms with Crippen molar-refractivity contribution in [2.75, 3.05) is 14.1 Å². The normalized spacial score (nSPS) is 6.60. The summed E-state index contributed by atoms with van der Waals surface area (Å²) in [6, 6.07) is 0. The maximum absolute atomic E-state index is 4.72. The second kappa shape index (κ2) is 1.94. The Bertz CT molecular complexity index is 34.6. The van der Waals surface area contributed by atoms with Gasteiger partial charge in [0, 0.05) is 0 Å². The van der Waals surface area contributed by atoms with E-state index in [1.807, 2.05) is 0 Å². The van der Waals surface area contributed by atoms with Crippen molar-refractivity contribution in [2.24, 2.45) is 5.00 Å². The average molecular weight is 68.9 g/mol. The van der Waals surface area contributed by atoms with E-state index >= 15 is 0 Å². The molecule has 0 saturated heterocycles.